The largest absolute Gasteiger partial charge is 0.394 e. The van der Waals surface area contributed by atoms with Crippen molar-refractivity contribution < 1.29 is 10.2 Å². The predicted octanol–water partition coefficient (Wildman–Crippen LogP) is -1.07. The molecule has 0 aliphatic rings. The molecule has 0 saturated carbocycles. The molecule has 0 fully saturated rings. The van der Waals surface area contributed by atoms with E-state index >= 15 is 0 Å². The topological polar surface area (TPSA) is 143 Å². The van der Waals surface area contributed by atoms with Gasteiger partial charge in [0.1, 0.15) is 0 Å². The first-order chi connectivity index (χ1) is 9.24. The lowest BCUT2D eigenvalue weighted by molar-refractivity contribution is 0.158. The molecule has 19 heavy (non-hydrogen) atoms. The molecule has 0 radical (unpaired) electrons. The lowest BCUT2D eigenvalue weighted by Gasteiger charge is -2.13. The van der Waals surface area contributed by atoms with Gasteiger partial charge in [-0.2, -0.15) is 4.98 Å². The van der Waals surface area contributed by atoms with Gasteiger partial charge in [0, 0.05) is 0 Å². The summed E-state index contributed by atoms with van der Waals surface area (Å²) in [6.07, 6.45) is 1.25. The van der Waals surface area contributed by atoms with Gasteiger partial charge in [-0.25, -0.2) is 4.98 Å². The summed E-state index contributed by atoms with van der Waals surface area (Å²) >= 11 is 0. The van der Waals surface area contributed by atoms with Gasteiger partial charge in [-0.05, 0) is 0 Å². The number of H-pyrrole nitrogens is 2. The highest BCUT2D eigenvalue weighted by Gasteiger charge is 2.06. The molecule has 0 bridgehead atoms. The van der Waals surface area contributed by atoms with Crippen LogP contribution in [0.4, 0.5) is 5.95 Å². The number of aromatic nitrogens is 4. The Kier molecular flexibility index (Phi) is 4.15. The molecule has 2 heterocycles. The van der Waals surface area contributed by atoms with Crippen LogP contribution in [-0.2, 0) is 0 Å². The second kappa shape index (κ2) is 6.02. The maximum absolute atomic E-state index is 11.4. The van der Waals surface area contributed by atoms with E-state index in [1.807, 2.05) is 0 Å². The van der Waals surface area contributed by atoms with Gasteiger partial charge in [0.2, 0.25) is 0 Å². The number of rotatable bonds is 6. The van der Waals surface area contributed by atoms with Crippen LogP contribution in [0.1, 0.15) is 0 Å². The summed E-state index contributed by atoms with van der Waals surface area (Å²) < 4.78 is 0. The number of aliphatic hydroxyl groups excluding tert-OH is 2. The summed E-state index contributed by atoms with van der Waals surface area (Å²) in [5, 5.41) is 26.6. The van der Waals surface area contributed by atoms with Crippen molar-refractivity contribution in [2.75, 3.05) is 26.3 Å². The summed E-state index contributed by atoms with van der Waals surface area (Å²) in [6, 6.07) is 0. The molecule has 2 aromatic heterocycles. The molecule has 0 aliphatic heterocycles. The number of fused-ring (bicyclic) bond motifs is 1. The predicted molar refractivity (Wildman–Crippen MR) is 64.8 cm³/mol. The number of nitrogens with zero attached hydrogens (tertiary/aromatic N) is 5. The fourth-order valence-corrected chi connectivity index (χ4v) is 1.41. The number of hydrogen-bond acceptors (Lipinski definition) is 7. The zero-order valence-corrected chi connectivity index (χ0v) is 9.94. The molecule has 10 nitrogen and oxygen atoms in total. The lowest BCUT2D eigenvalue weighted by Crippen LogP contribution is -2.24. The second-order valence-electron chi connectivity index (χ2n) is 3.58. The fraction of sp³-hybridized carbons (Fsp3) is 0.444. The van der Waals surface area contributed by atoms with Gasteiger partial charge in [-0.15, -0.1) is 0 Å². The summed E-state index contributed by atoms with van der Waals surface area (Å²) in [7, 11) is 0. The van der Waals surface area contributed by atoms with Crippen LogP contribution in [0.3, 0.4) is 0 Å². The number of aliphatic hydroxyl groups is 2. The Morgan fingerprint density at radius 2 is 2.05 bits per heavy atom. The summed E-state index contributed by atoms with van der Waals surface area (Å²) in [6.45, 7) is 0.257. The van der Waals surface area contributed by atoms with Crippen molar-refractivity contribution in [3.63, 3.8) is 0 Å². The summed E-state index contributed by atoms with van der Waals surface area (Å²) in [4.78, 5) is 24.3. The van der Waals surface area contributed by atoms with E-state index in [1.165, 1.54) is 11.3 Å². The first-order valence-electron chi connectivity index (χ1n) is 5.56. The van der Waals surface area contributed by atoms with Crippen LogP contribution in [0.2, 0.25) is 0 Å². The Hall–Kier alpha value is -2.33. The Morgan fingerprint density at radius 3 is 2.68 bits per heavy atom. The molecule has 0 saturated heterocycles. The van der Waals surface area contributed by atoms with E-state index in [2.05, 4.69) is 30.3 Å². The highest BCUT2D eigenvalue weighted by molar-refractivity contribution is 5.70. The molecule has 2 aromatic rings. The average Bonchev–Trinajstić information content (AvgIpc) is 2.81. The van der Waals surface area contributed by atoms with E-state index < -0.39 is 0 Å². The van der Waals surface area contributed by atoms with E-state index in [9.17, 15) is 4.79 Å². The molecular formula is C9H13N7O3. The van der Waals surface area contributed by atoms with E-state index in [0.717, 1.165) is 0 Å². The second-order valence-corrected chi connectivity index (χ2v) is 3.58. The first kappa shape index (κ1) is 13.1. The van der Waals surface area contributed by atoms with E-state index in [0.29, 0.717) is 0 Å². The van der Waals surface area contributed by atoms with Crippen LogP contribution in [0.15, 0.2) is 21.5 Å². The van der Waals surface area contributed by atoms with Crippen LogP contribution in [0.5, 0.6) is 0 Å². The van der Waals surface area contributed by atoms with Gasteiger partial charge in [-0.3, -0.25) is 9.80 Å². The van der Waals surface area contributed by atoms with Gasteiger partial charge in [0.05, 0.1) is 32.6 Å². The Morgan fingerprint density at radius 1 is 1.32 bits per heavy atom. The molecule has 0 aliphatic carbocycles. The third kappa shape index (κ3) is 3.11. The van der Waals surface area contributed by atoms with Crippen molar-refractivity contribution in [2.24, 2.45) is 10.3 Å². The smallest absolute Gasteiger partial charge is 0.276 e. The molecule has 4 N–H and O–H groups in total. The van der Waals surface area contributed by atoms with Crippen molar-refractivity contribution in [2.45, 2.75) is 0 Å². The van der Waals surface area contributed by atoms with Gasteiger partial charge in [0.15, 0.2) is 11.2 Å². The first-order valence-corrected chi connectivity index (χ1v) is 5.56. The zero-order valence-electron chi connectivity index (χ0n) is 9.94. The molecule has 10 heteroatoms. The maximum Gasteiger partial charge on any atom is 0.276 e. The molecule has 0 unspecified atom stereocenters. The monoisotopic (exact) mass is 267 g/mol. The van der Waals surface area contributed by atoms with Gasteiger partial charge in [0.25, 0.3) is 11.5 Å². The lowest BCUT2D eigenvalue weighted by atomic mass is 10.6. The van der Waals surface area contributed by atoms with E-state index in [1.54, 1.807) is 0 Å². The van der Waals surface area contributed by atoms with Gasteiger partial charge >= 0.3 is 0 Å². The van der Waals surface area contributed by atoms with E-state index in [-0.39, 0.29) is 49.0 Å². The molecule has 0 spiro atoms. The van der Waals surface area contributed by atoms with Crippen LogP contribution in [0, 0.1) is 0 Å². The molecule has 0 atom stereocenters. The van der Waals surface area contributed by atoms with Gasteiger partial charge < -0.3 is 20.2 Å². The summed E-state index contributed by atoms with van der Waals surface area (Å²) in [5.41, 5.74) is 0.113. The molecule has 2 rings (SSSR count). The average molecular weight is 267 g/mol. The molecule has 102 valence electrons. The minimum atomic E-state index is -0.346. The minimum Gasteiger partial charge on any atom is -0.394 e. The third-order valence-electron chi connectivity index (χ3n) is 2.26. The highest BCUT2D eigenvalue weighted by Crippen LogP contribution is 2.10. The van der Waals surface area contributed by atoms with Crippen molar-refractivity contribution >= 4 is 17.1 Å². The summed E-state index contributed by atoms with van der Waals surface area (Å²) in [5.74, 6) is 0.125. The Labute approximate surface area is 106 Å². The van der Waals surface area contributed by atoms with Crippen molar-refractivity contribution in [3.05, 3.63) is 16.7 Å². The number of nitrogens with one attached hydrogen (secondary N) is 2. The highest BCUT2D eigenvalue weighted by atomic mass is 16.3. The maximum atomic E-state index is 11.4. The zero-order chi connectivity index (χ0) is 13.7. The van der Waals surface area contributed by atoms with Crippen LogP contribution in [-0.4, -0.2) is 61.5 Å². The van der Waals surface area contributed by atoms with Gasteiger partial charge in [-0.1, -0.05) is 10.3 Å². The van der Waals surface area contributed by atoms with Crippen LogP contribution >= 0.6 is 0 Å². The SMILES string of the molecule is O=c1[nH]cnc2nc(/N=N/N(CCO)CCO)[nH]c12. The van der Waals surface area contributed by atoms with Crippen LogP contribution < -0.4 is 5.56 Å². The number of imidazole rings is 1. The van der Waals surface area contributed by atoms with Crippen LogP contribution in [0.25, 0.3) is 11.2 Å². The standard InChI is InChI=1S/C9H13N7O3/c17-3-1-16(2-4-18)15-14-9-12-6-7(13-9)10-5-11-8(6)19/h5,17-18H,1-4H2,(H2,10,11,12,13,19)/b15-14+. The van der Waals surface area contributed by atoms with Crippen molar-refractivity contribution in [3.8, 4) is 0 Å². The Balaban J connectivity index is 2.20. The quantitative estimate of drug-likeness (QED) is 0.387. The minimum absolute atomic E-state index is 0.111. The Bertz CT molecular complexity index is 614. The molecular weight excluding hydrogens is 254 g/mol. The number of aromatic amines is 2. The van der Waals surface area contributed by atoms with E-state index in [4.69, 9.17) is 10.2 Å². The van der Waals surface area contributed by atoms with Crippen molar-refractivity contribution in [1.82, 2.24) is 24.9 Å². The fourth-order valence-electron chi connectivity index (χ4n) is 1.41. The van der Waals surface area contributed by atoms with Crippen molar-refractivity contribution in [1.29, 1.82) is 0 Å². The number of hydrogen-bond donors (Lipinski definition) is 4. The normalized spacial score (nSPS) is 11.5. The molecule has 0 aromatic carbocycles. The molecule has 0 amide bonds. The third-order valence-corrected chi connectivity index (χ3v) is 2.26.